The number of nitrogens with zero attached hydrogens (tertiary/aromatic N) is 1. The highest BCUT2D eigenvalue weighted by Crippen LogP contribution is 2.45. The number of hydrogen-bond acceptors (Lipinski definition) is 2. The second kappa shape index (κ2) is 4.52. The summed E-state index contributed by atoms with van der Waals surface area (Å²) in [6.07, 6.45) is 5.21. The first-order valence-corrected chi connectivity index (χ1v) is 6.07. The van der Waals surface area contributed by atoms with Gasteiger partial charge in [-0.15, -0.1) is 0 Å². The second-order valence-corrected chi connectivity index (χ2v) is 5.24. The molecule has 1 aliphatic carbocycles. The van der Waals surface area contributed by atoms with Crippen molar-refractivity contribution < 1.29 is 9.90 Å². The lowest BCUT2D eigenvalue weighted by molar-refractivity contribution is -0.137. The Balaban J connectivity index is 1.85. The molecule has 86 valence electrons. The van der Waals surface area contributed by atoms with Gasteiger partial charge in [0.25, 0.3) is 0 Å². The molecule has 1 saturated heterocycles. The summed E-state index contributed by atoms with van der Waals surface area (Å²) in [4.78, 5) is 13.0. The lowest BCUT2D eigenvalue weighted by Gasteiger charge is -2.22. The van der Waals surface area contributed by atoms with Gasteiger partial charge in [-0.25, -0.2) is 0 Å². The third-order valence-corrected chi connectivity index (χ3v) is 3.95. The van der Waals surface area contributed by atoms with E-state index in [9.17, 15) is 4.79 Å². The first-order valence-electron chi connectivity index (χ1n) is 6.07. The zero-order chi connectivity index (χ0) is 10.8. The van der Waals surface area contributed by atoms with Crippen LogP contribution in [-0.2, 0) is 4.79 Å². The van der Waals surface area contributed by atoms with Gasteiger partial charge < -0.3 is 10.0 Å². The van der Waals surface area contributed by atoms with Crippen LogP contribution in [0.5, 0.6) is 0 Å². The van der Waals surface area contributed by atoms with E-state index in [1.807, 2.05) is 0 Å². The molecule has 2 atom stereocenters. The van der Waals surface area contributed by atoms with Gasteiger partial charge in [0, 0.05) is 13.0 Å². The molecule has 15 heavy (non-hydrogen) atoms. The number of hydrogen-bond donors (Lipinski definition) is 1. The predicted octanol–water partition coefficient (Wildman–Crippen LogP) is 1.83. The molecule has 2 rings (SSSR count). The van der Waals surface area contributed by atoms with Crippen LogP contribution < -0.4 is 0 Å². The second-order valence-electron chi connectivity index (χ2n) is 5.24. The molecule has 1 heterocycles. The molecule has 0 bridgehead atoms. The van der Waals surface area contributed by atoms with E-state index in [2.05, 4.69) is 11.9 Å². The summed E-state index contributed by atoms with van der Waals surface area (Å²) in [7, 11) is 2.17. The Hall–Kier alpha value is -0.570. The average Bonchev–Trinajstić information content (AvgIpc) is 2.90. The zero-order valence-corrected chi connectivity index (χ0v) is 9.48. The number of rotatable bonds is 5. The van der Waals surface area contributed by atoms with Crippen molar-refractivity contribution in [2.45, 2.75) is 32.1 Å². The zero-order valence-electron chi connectivity index (χ0n) is 9.48. The van der Waals surface area contributed by atoms with E-state index < -0.39 is 5.97 Å². The summed E-state index contributed by atoms with van der Waals surface area (Å²) in [5.74, 6) is 1.67. The number of carboxylic acid groups (broad SMARTS) is 1. The van der Waals surface area contributed by atoms with Crippen LogP contribution in [0.2, 0.25) is 0 Å². The minimum Gasteiger partial charge on any atom is -0.481 e. The van der Waals surface area contributed by atoms with Gasteiger partial charge >= 0.3 is 5.97 Å². The fraction of sp³-hybridized carbons (Fsp3) is 0.917. The minimum atomic E-state index is -0.632. The monoisotopic (exact) mass is 211 g/mol. The van der Waals surface area contributed by atoms with Gasteiger partial charge in [-0.1, -0.05) is 0 Å². The third-order valence-electron chi connectivity index (χ3n) is 3.95. The van der Waals surface area contributed by atoms with E-state index >= 15 is 0 Å². The van der Waals surface area contributed by atoms with Gasteiger partial charge in [0.1, 0.15) is 0 Å². The first kappa shape index (κ1) is 10.9. The minimum absolute atomic E-state index is 0.362. The number of likely N-dealkylation sites (tertiary alicyclic amines) is 1. The van der Waals surface area contributed by atoms with Crippen LogP contribution in [0.15, 0.2) is 0 Å². The topological polar surface area (TPSA) is 40.5 Å². The van der Waals surface area contributed by atoms with Crippen molar-refractivity contribution in [3.05, 3.63) is 0 Å². The Labute approximate surface area is 91.5 Å². The van der Waals surface area contributed by atoms with Gasteiger partial charge in [-0.2, -0.15) is 0 Å². The molecule has 2 unspecified atom stereocenters. The Morgan fingerprint density at radius 1 is 1.40 bits per heavy atom. The summed E-state index contributed by atoms with van der Waals surface area (Å²) in [5, 5.41) is 8.75. The molecule has 2 aliphatic rings. The molecule has 0 amide bonds. The highest BCUT2D eigenvalue weighted by Gasteiger charge is 2.38. The van der Waals surface area contributed by atoms with Crippen molar-refractivity contribution in [3.8, 4) is 0 Å². The summed E-state index contributed by atoms with van der Waals surface area (Å²) in [6, 6.07) is 0. The lowest BCUT2D eigenvalue weighted by atomic mass is 9.84. The third kappa shape index (κ3) is 2.94. The number of carbonyl (C=O) groups is 1. The normalized spacial score (nSPS) is 29.3. The van der Waals surface area contributed by atoms with Gasteiger partial charge in [-0.05, 0) is 57.0 Å². The van der Waals surface area contributed by atoms with Crippen molar-refractivity contribution in [2.24, 2.45) is 17.8 Å². The molecule has 0 spiro atoms. The Morgan fingerprint density at radius 2 is 2.13 bits per heavy atom. The van der Waals surface area contributed by atoms with Crippen LogP contribution in [0.25, 0.3) is 0 Å². The Bertz CT molecular complexity index is 238. The summed E-state index contributed by atoms with van der Waals surface area (Å²) < 4.78 is 0. The molecule has 1 aliphatic heterocycles. The van der Waals surface area contributed by atoms with Crippen molar-refractivity contribution in [1.82, 2.24) is 4.90 Å². The lowest BCUT2D eigenvalue weighted by Crippen LogP contribution is -2.21. The largest absolute Gasteiger partial charge is 0.481 e. The summed E-state index contributed by atoms with van der Waals surface area (Å²) in [5.41, 5.74) is 0. The Morgan fingerprint density at radius 3 is 2.60 bits per heavy atom. The maximum Gasteiger partial charge on any atom is 0.303 e. The highest BCUT2D eigenvalue weighted by atomic mass is 16.4. The standard InChI is InChI=1S/C12H21NO2/c1-13-7-6-10(8-13)11(9-2-3-9)4-5-12(14)15/h9-11H,2-8H2,1H3,(H,14,15). The van der Waals surface area contributed by atoms with Crippen LogP contribution in [0.3, 0.4) is 0 Å². The highest BCUT2D eigenvalue weighted by molar-refractivity contribution is 5.66. The number of carboxylic acids is 1. The van der Waals surface area contributed by atoms with E-state index in [1.54, 1.807) is 0 Å². The molecular weight excluding hydrogens is 190 g/mol. The Kier molecular flexibility index (Phi) is 3.29. The van der Waals surface area contributed by atoms with Crippen LogP contribution >= 0.6 is 0 Å². The molecule has 1 N–H and O–H groups in total. The van der Waals surface area contributed by atoms with Crippen LogP contribution in [0, 0.1) is 17.8 Å². The molecule has 0 aromatic rings. The van der Waals surface area contributed by atoms with E-state index in [0.29, 0.717) is 12.3 Å². The van der Waals surface area contributed by atoms with Crippen molar-refractivity contribution >= 4 is 5.97 Å². The van der Waals surface area contributed by atoms with Gasteiger partial charge in [-0.3, -0.25) is 4.79 Å². The number of aliphatic carboxylic acids is 1. The maximum atomic E-state index is 10.6. The van der Waals surface area contributed by atoms with E-state index in [4.69, 9.17) is 5.11 Å². The van der Waals surface area contributed by atoms with E-state index in [1.165, 1.54) is 32.4 Å². The maximum absolute atomic E-state index is 10.6. The molecule has 3 nitrogen and oxygen atoms in total. The quantitative estimate of drug-likeness (QED) is 0.754. The summed E-state index contributed by atoms with van der Waals surface area (Å²) >= 11 is 0. The fourth-order valence-electron chi connectivity index (χ4n) is 2.99. The van der Waals surface area contributed by atoms with Crippen molar-refractivity contribution in [2.75, 3.05) is 20.1 Å². The van der Waals surface area contributed by atoms with E-state index in [0.717, 1.165) is 18.3 Å². The van der Waals surface area contributed by atoms with Crippen LogP contribution in [0.1, 0.15) is 32.1 Å². The van der Waals surface area contributed by atoms with Gasteiger partial charge in [0.15, 0.2) is 0 Å². The van der Waals surface area contributed by atoms with Crippen LogP contribution in [-0.4, -0.2) is 36.1 Å². The average molecular weight is 211 g/mol. The predicted molar refractivity (Wildman–Crippen MR) is 58.7 cm³/mol. The molecule has 3 heteroatoms. The first-order chi connectivity index (χ1) is 7.16. The van der Waals surface area contributed by atoms with Gasteiger partial charge in [0.05, 0.1) is 0 Å². The van der Waals surface area contributed by atoms with Crippen LogP contribution in [0.4, 0.5) is 0 Å². The molecule has 1 saturated carbocycles. The molecule has 0 aromatic heterocycles. The SMILES string of the molecule is CN1CCC(C(CCC(=O)O)C2CC2)C1. The smallest absolute Gasteiger partial charge is 0.303 e. The molecule has 0 radical (unpaired) electrons. The molecular formula is C12H21NO2. The van der Waals surface area contributed by atoms with Gasteiger partial charge in [0.2, 0.25) is 0 Å². The summed E-state index contributed by atoms with van der Waals surface area (Å²) in [6.45, 7) is 2.38. The van der Waals surface area contributed by atoms with E-state index in [-0.39, 0.29) is 0 Å². The van der Waals surface area contributed by atoms with Crippen molar-refractivity contribution in [1.29, 1.82) is 0 Å². The van der Waals surface area contributed by atoms with Crippen molar-refractivity contribution in [3.63, 3.8) is 0 Å². The fourth-order valence-corrected chi connectivity index (χ4v) is 2.99. The molecule has 2 fully saturated rings. The molecule has 0 aromatic carbocycles.